The van der Waals surface area contributed by atoms with Crippen LogP contribution in [0.5, 0.6) is 0 Å². The summed E-state index contributed by atoms with van der Waals surface area (Å²) in [6.07, 6.45) is 1.21. The lowest BCUT2D eigenvalue weighted by atomic mass is 9.73. The summed E-state index contributed by atoms with van der Waals surface area (Å²) in [5.41, 5.74) is 1.32. The zero-order valence-corrected chi connectivity index (χ0v) is 16.6. The molecule has 3 rings (SSSR count). The number of carbonyl (C=O) groups excluding carboxylic acids is 2. The number of nitrogens with one attached hydrogen (secondary N) is 2. The van der Waals surface area contributed by atoms with Gasteiger partial charge in [-0.2, -0.15) is 0 Å². The molecule has 1 aliphatic rings. The second-order valence-corrected chi connectivity index (χ2v) is 7.56. The van der Waals surface area contributed by atoms with Crippen LogP contribution < -0.4 is 10.6 Å². The molecule has 5 nitrogen and oxygen atoms in total. The number of carbonyl (C=O) groups is 2. The van der Waals surface area contributed by atoms with E-state index in [9.17, 15) is 9.59 Å². The summed E-state index contributed by atoms with van der Waals surface area (Å²) in [7, 11) is 0. The first-order valence-corrected chi connectivity index (χ1v) is 9.82. The van der Waals surface area contributed by atoms with Gasteiger partial charge in [-0.3, -0.25) is 9.59 Å². The maximum Gasteiger partial charge on any atom is 0.239 e. The van der Waals surface area contributed by atoms with Gasteiger partial charge in [-0.05, 0) is 36.1 Å². The molecule has 0 unspecified atom stereocenters. The van der Waals surface area contributed by atoms with Crippen molar-refractivity contribution in [1.82, 2.24) is 10.6 Å². The van der Waals surface area contributed by atoms with E-state index in [-0.39, 0.29) is 18.4 Å². The van der Waals surface area contributed by atoms with E-state index in [1.165, 1.54) is 0 Å². The molecular formula is C21H23BrN2O3. The third-order valence-corrected chi connectivity index (χ3v) is 5.45. The topological polar surface area (TPSA) is 67.4 Å². The van der Waals surface area contributed by atoms with E-state index < -0.39 is 5.41 Å². The van der Waals surface area contributed by atoms with E-state index >= 15 is 0 Å². The fourth-order valence-corrected chi connectivity index (χ4v) is 3.59. The fourth-order valence-electron chi connectivity index (χ4n) is 3.32. The smallest absolute Gasteiger partial charge is 0.239 e. The highest BCUT2D eigenvalue weighted by molar-refractivity contribution is 9.10. The van der Waals surface area contributed by atoms with Crippen molar-refractivity contribution in [3.63, 3.8) is 0 Å². The first-order chi connectivity index (χ1) is 13.1. The fraction of sp³-hybridized carbons (Fsp3) is 0.333. The monoisotopic (exact) mass is 430 g/mol. The first-order valence-electron chi connectivity index (χ1n) is 9.03. The summed E-state index contributed by atoms with van der Waals surface area (Å²) in [5.74, 6) is -0.326. The van der Waals surface area contributed by atoms with Crippen LogP contribution in [0.15, 0.2) is 59.1 Å². The second kappa shape index (κ2) is 9.15. The Morgan fingerprint density at radius 1 is 0.963 bits per heavy atom. The number of benzene rings is 2. The summed E-state index contributed by atoms with van der Waals surface area (Å²) in [6.45, 7) is 1.47. The van der Waals surface area contributed by atoms with E-state index in [0.717, 1.165) is 15.6 Å². The van der Waals surface area contributed by atoms with Crippen molar-refractivity contribution in [3.05, 3.63) is 70.2 Å². The molecule has 0 atom stereocenters. The summed E-state index contributed by atoms with van der Waals surface area (Å²) < 4.78 is 6.43. The van der Waals surface area contributed by atoms with Crippen molar-refractivity contribution in [2.24, 2.45) is 0 Å². The summed E-state index contributed by atoms with van der Waals surface area (Å²) in [6, 6.07) is 17.5. The lowest BCUT2D eigenvalue weighted by Crippen LogP contribution is -2.50. The number of rotatable bonds is 6. The van der Waals surface area contributed by atoms with Gasteiger partial charge in [0.15, 0.2) is 0 Å². The summed E-state index contributed by atoms with van der Waals surface area (Å²) in [5, 5.41) is 5.66. The van der Waals surface area contributed by atoms with Gasteiger partial charge in [0.1, 0.15) is 0 Å². The molecule has 142 valence electrons. The van der Waals surface area contributed by atoms with Gasteiger partial charge < -0.3 is 15.4 Å². The highest BCUT2D eigenvalue weighted by Gasteiger charge is 2.41. The number of ether oxygens (including phenoxy) is 1. The molecule has 0 spiro atoms. The minimum absolute atomic E-state index is 0.0369. The van der Waals surface area contributed by atoms with Crippen LogP contribution in [0.2, 0.25) is 0 Å². The Labute approximate surface area is 167 Å². The van der Waals surface area contributed by atoms with Crippen molar-refractivity contribution in [2.75, 3.05) is 19.8 Å². The molecule has 0 saturated carbocycles. The zero-order chi connectivity index (χ0) is 19.1. The molecular weight excluding hydrogens is 408 g/mol. The molecule has 0 radical (unpaired) electrons. The number of amides is 2. The average Bonchev–Trinajstić information content (AvgIpc) is 2.72. The van der Waals surface area contributed by atoms with E-state index in [1.54, 1.807) is 0 Å². The van der Waals surface area contributed by atoms with Gasteiger partial charge in [0, 0.05) is 24.2 Å². The third-order valence-electron chi connectivity index (χ3n) is 4.92. The molecule has 27 heavy (non-hydrogen) atoms. The quantitative estimate of drug-likeness (QED) is 0.739. The Hall–Kier alpha value is -2.18. The minimum Gasteiger partial charge on any atom is -0.381 e. The van der Waals surface area contributed by atoms with Crippen LogP contribution in [0.3, 0.4) is 0 Å². The van der Waals surface area contributed by atoms with Crippen molar-refractivity contribution in [2.45, 2.75) is 24.8 Å². The molecule has 1 fully saturated rings. The van der Waals surface area contributed by atoms with Gasteiger partial charge >= 0.3 is 0 Å². The highest BCUT2D eigenvalue weighted by atomic mass is 79.9. The van der Waals surface area contributed by atoms with Crippen LogP contribution in [0.1, 0.15) is 24.0 Å². The Bertz CT molecular complexity index is 772. The van der Waals surface area contributed by atoms with Gasteiger partial charge in [0.25, 0.3) is 0 Å². The summed E-state index contributed by atoms with van der Waals surface area (Å²) >= 11 is 3.43. The molecule has 0 bridgehead atoms. The highest BCUT2D eigenvalue weighted by Crippen LogP contribution is 2.35. The van der Waals surface area contributed by atoms with Crippen molar-refractivity contribution in [3.8, 4) is 0 Å². The molecule has 2 aromatic rings. The van der Waals surface area contributed by atoms with E-state index in [4.69, 9.17) is 4.74 Å². The number of hydrogen-bond acceptors (Lipinski definition) is 3. The predicted octanol–water partition coefficient (Wildman–Crippen LogP) is 2.93. The molecule has 2 amide bonds. The molecule has 0 aliphatic carbocycles. The molecule has 6 heteroatoms. The van der Waals surface area contributed by atoms with Gasteiger partial charge in [0.05, 0.1) is 12.0 Å². The normalized spacial score (nSPS) is 15.7. The molecule has 0 aromatic heterocycles. The minimum atomic E-state index is -0.654. The third kappa shape index (κ3) is 4.96. The van der Waals surface area contributed by atoms with E-state index in [2.05, 4.69) is 26.6 Å². The van der Waals surface area contributed by atoms with Crippen LogP contribution in [-0.4, -0.2) is 31.6 Å². The zero-order valence-electron chi connectivity index (χ0n) is 15.0. The molecule has 1 heterocycles. The maximum absolute atomic E-state index is 13.0. The van der Waals surface area contributed by atoms with Gasteiger partial charge in [0.2, 0.25) is 11.8 Å². The SMILES string of the molecule is O=C(CNC(=O)C1(c2ccc(Br)cc2)CCOCC1)NCc1ccccc1. The number of halogens is 1. The van der Waals surface area contributed by atoms with E-state index in [1.807, 2.05) is 54.6 Å². The Kier molecular flexibility index (Phi) is 6.63. The lowest BCUT2D eigenvalue weighted by Gasteiger charge is -2.36. The van der Waals surface area contributed by atoms with Crippen LogP contribution in [0.4, 0.5) is 0 Å². The van der Waals surface area contributed by atoms with Crippen molar-refractivity contribution < 1.29 is 14.3 Å². The van der Waals surface area contributed by atoms with Crippen molar-refractivity contribution >= 4 is 27.7 Å². The van der Waals surface area contributed by atoms with Crippen LogP contribution in [0.25, 0.3) is 0 Å². The molecule has 1 saturated heterocycles. The Morgan fingerprint density at radius 3 is 2.30 bits per heavy atom. The van der Waals surface area contributed by atoms with Crippen LogP contribution >= 0.6 is 15.9 Å². The van der Waals surface area contributed by atoms with Gasteiger partial charge in [-0.25, -0.2) is 0 Å². The van der Waals surface area contributed by atoms with Gasteiger partial charge in [-0.1, -0.05) is 58.4 Å². The van der Waals surface area contributed by atoms with Crippen LogP contribution in [0, 0.1) is 0 Å². The van der Waals surface area contributed by atoms with Crippen molar-refractivity contribution in [1.29, 1.82) is 0 Å². The average molecular weight is 431 g/mol. The lowest BCUT2D eigenvalue weighted by molar-refractivity contribution is -0.132. The first kappa shape index (κ1) is 19.6. The Morgan fingerprint density at radius 2 is 1.63 bits per heavy atom. The molecule has 2 aromatic carbocycles. The number of hydrogen-bond donors (Lipinski definition) is 2. The predicted molar refractivity (Wildman–Crippen MR) is 107 cm³/mol. The maximum atomic E-state index is 13.0. The summed E-state index contributed by atoms with van der Waals surface area (Å²) in [4.78, 5) is 25.2. The van der Waals surface area contributed by atoms with Crippen LogP contribution in [-0.2, 0) is 26.3 Å². The molecule has 2 N–H and O–H groups in total. The Balaban J connectivity index is 1.61. The second-order valence-electron chi connectivity index (χ2n) is 6.65. The van der Waals surface area contributed by atoms with Gasteiger partial charge in [-0.15, -0.1) is 0 Å². The standard InChI is InChI=1S/C21H23BrN2O3/c22-18-8-6-17(7-9-18)21(10-12-27-13-11-21)20(26)24-15-19(25)23-14-16-4-2-1-3-5-16/h1-9H,10-15H2,(H,23,25)(H,24,26). The molecule has 1 aliphatic heterocycles. The largest absolute Gasteiger partial charge is 0.381 e. The van der Waals surface area contributed by atoms with E-state index in [0.29, 0.717) is 32.6 Å².